The number of rotatable bonds is 9. The van der Waals surface area contributed by atoms with Crippen molar-refractivity contribution >= 4 is 35.2 Å². The summed E-state index contributed by atoms with van der Waals surface area (Å²) >= 11 is 0. The third-order valence-electron chi connectivity index (χ3n) is 6.54. The summed E-state index contributed by atoms with van der Waals surface area (Å²) in [6.07, 6.45) is -1.20. The van der Waals surface area contributed by atoms with Crippen LogP contribution in [0.4, 0.5) is 20.6 Å². The van der Waals surface area contributed by atoms with Crippen LogP contribution in [-0.4, -0.2) is 97.5 Å². The molecule has 40 heavy (non-hydrogen) atoms. The molecule has 0 aromatic heterocycles. The summed E-state index contributed by atoms with van der Waals surface area (Å²) in [5, 5.41) is 14.5. The molecule has 12 nitrogen and oxygen atoms in total. The Kier molecular flexibility index (Phi) is 9.51. The Hall–Kier alpha value is -4.23. The number of aliphatic hydroxyl groups excluding tert-OH is 1. The predicted octanol–water partition coefficient (Wildman–Crippen LogP) is 0.888. The second-order valence-electron chi connectivity index (χ2n) is 9.35. The number of aliphatic hydroxyl groups is 1. The van der Waals surface area contributed by atoms with Crippen LogP contribution in [0.15, 0.2) is 48.5 Å². The monoisotopic (exact) mass is 557 g/mol. The normalized spacial score (nSPS) is 17.5. The molecule has 2 fully saturated rings. The standard InChI is InChI=1S/C27H32FN5O7/c1-19(35)29-14-22-15-31(27(38)40-22)21-7-8-24(23(28)13-21)30-9-11-32(25(36)16-34)33(12-10-30)26(37)18-39-17-20-5-3-2-4-6-20/h2-8,13,22,34H,9-12,14-18H2,1H3,(H,29,35)/t22-/m0/s1. The number of hydrazine groups is 1. The number of carbonyl (C=O) groups excluding carboxylic acids is 4. The second kappa shape index (κ2) is 13.2. The average molecular weight is 558 g/mol. The van der Waals surface area contributed by atoms with Crippen LogP contribution in [0.5, 0.6) is 0 Å². The highest BCUT2D eigenvalue weighted by Crippen LogP contribution is 2.28. The Labute approximate surface area is 230 Å². The van der Waals surface area contributed by atoms with Crippen LogP contribution in [0.25, 0.3) is 0 Å². The molecule has 2 aliphatic heterocycles. The smallest absolute Gasteiger partial charge is 0.414 e. The molecule has 4 rings (SSSR count). The van der Waals surface area contributed by atoms with E-state index >= 15 is 4.39 Å². The van der Waals surface area contributed by atoms with Crippen molar-refractivity contribution in [3.05, 3.63) is 59.9 Å². The first-order valence-corrected chi connectivity index (χ1v) is 12.9. The number of ether oxygens (including phenoxy) is 2. The molecule has 214 valence electrons. The summed E-state index contributed by atoms with van der Waals surface area (Å²) in [6, 6.07) is 13.7. The number of halogens is 1. The van der Waals surface area contributed by atoms with Gasteiger partial charge in [-0.3, -0.25) is 19.3 Å². The number of nitrogens with zero attached hydrogens (tertiary/aromatic N) is 4. The Morgan fingerprint density at radius 1 is 1.05 bits per heavy atom. The molecule has 0 spiro atoms. The van der Waals surface area contributed by atoms with Crippen LogP contribution >= 0.6 is 0 Å². The number of carbonyl (C=O) groups is 4. The first-order valence-electron chi connectivity index (χ1n) is 12.9. The fourth-order valence-electron chi connectivity index (χ4n) is 4.55. The van der Waals surface area contributed by atoms with Crippen LogP contribution in [0, 0.1) is 5.82 Å². The highest BCUT2D eigenvalue weighted by molar-refractivity contribution is 5.90. The number of benzene rings is 2. The lowest BCUT2D eigenvalue weighted by Crippen LogP contribution is -2.52. The maximum Gasteiger partial charge on any atom is 0.414 e. The van der Waals surface area contributed by atoms with Crippen molar-refractivity contribution < 1.29 is 38.1 Å². The van der Waals surface area contributed by atoms with Crippen molar-refractivity contribution in [3.63, 3.8) is 0 Å². The van der Waals surface area contributed by atoms with E-state index in [-0.39, 0.29) is 64.1 Å². The maximum absolute atomic E-state index is 15.3. The SMILES string of the molecule is CC(=O)NC[C@H]1CN(c2ccc(N3CCN(C(=O)CO)N(C(=O)COCc4ccccc4)CC3)c(F)c2)C(=O)O1. The fourth-order valence-corrected chi connectivity index (χ4v) is 4.55. The number of cyclic esters (lactones) is 1. The molecule has 0 aliphatic carbocycles. The first-order chi connectivity index (χ1) is 19.3. The van der Waals surface area contributed by atoms with Crippen molar-refractivity contribution in [2.45, 2.75) is 19.6 Å². The minimum absolute atomic E-state index is 0.0360. The van der Waals surface area contributed by atoms with Gasteiger partial charge in [0.2, 0.25) is 5.91 Å². The molecule has 2 saturated heterocycles. The van der Waals surface area contributed by atoms with Gasteiger partial charge in [0.25, 0.3) is 11.8 Å². The van der Waals surface area contributed by atoms with Crippen molar-refractivity contribution in [3.8, 4) is 0 Å². The van der Waals surface area contributed by atoms with Gasteiger partial charge in [0.1, 0.15) is 25.1 Å². The van der Waals surface area contributed by atoms with Gasteiger partial charge in [-0.2, -0.15) is 0 Å². The maximum atomic E-state index is 15.3. The number of anilines is 2. The van der Waals surface area contributed by atoms with Gasteiger partial charge in [0, 0.05) is 20.0 Å². The molecule has 0 bridgehead atoms. The molecular weight excluding hydrogens is 525 g/mol. The summed E-state index contributed by atoms with van der Waals surface area (Å²) < 4.78 is 26.1. The van der Waals surface area contributed by atoms with Crippen molar-refractivity contribution in [1.82, 2.24) is 15.3 Å². The molecule has 0 radical (unpaired) electrons. The van der Waals surface area contributed by atoms with Gasteiger partial charge in [-0.25, -0.2) is 19.2 Å². The molecular formula is C27H32FN5O7. The zero-order valence-corrected chi connectivity index (χ0v) is 22.1. The van der Waals surface area contributed by atoms with Crippen LogP contribution in [0.1, 0.15) is 12.5 Å². The van der Waals surface area contributed by atoms with Gasteiger partial charge in [-0.15, -0.1) is 0 Å². The average Bonchev–Trinajstić information content (AvgIpc) is 3.18. The Morgan fingerprint density at radius 2 is 1.75 bits per heavy atom. The zero-order chi connectivity index (χ0) is 28.6. The molecule has 2 aromatic carbocycles. The Bertz CT molecular complexity index is 1230. The largest absolute Gasteiger partial charge is 0.442 e. The van der Waals surface area contributed by atoms with E-state index < -0.39 is 36.4 Å². The number of hydrogen-bond donors (Lipinski definition) is 2. The van der Waals surface area contributed by atoms with E-state index in [9.17, 15) is 24.3 Å². The van der Waals surface area contributed by atoms with Gasteiger partial charge in [-0.1, -0.05) is 30.3 Å². The Balaban J connectivity index is 1.41. The molecule has 2 N–H and O–H groups in total. The Morgan fingerprint density at radius 3 is 2.40 bits per heavy atom. The van der Waals surface area contributed by atoms with Crippen LogP contribution in [0.2, 0.25) is 0 Å². The third-order valence-corrected chi connectivity index (χ3v) is 6.54. The van der Waals surface area contributed by atoms with Gasteiger partial charge >= 0.3 is 6.09 Å². The topological polar surface area (TPSA) is 132 Å². The number of hydrogen-bond acceptors (Lipinski definition) is 8. The van der Waals surface area contributed by atoms with E-state index in [1.54, 1.807) is 11.0 Å². The predicted molar refractivity (Wildman–Crippen MR) is 142 cm³/mol. The molecule has 0 saturated carbocycles. The summed E-state index contributed by atoms with van der Waals surface area (Å²) in [7, 11) is 0. The lowest BCUT2D eigenvalue weighted by Gasteiger charge is -2.32. The van der Waals surface area contributed by atoms with E-state index in [1.165, 1.54) is 29.0 Å². The summed E-state index contributed by atoms with van der Waals surface area (Å²) in [5.74, 6) is -1.96. The van der Waals surface area contributed by atoms with Gasteiger partial charge < -0.3 is 24.8 Å². The zero-order valence-electron chi connectivity index (χ0n) is 22.1. The summed E-state index contributed by atoms with van der Waals surface area (Å²) in [6.45, 7) is 1.33. The number of nitrogens with one attached hydrogen (secondary N) is 1. The summed E-state index contributed by atoms with van der Waals surface area (Å²) in [4.78, 5) is 51.9. The third kappa shape index (κ3) is 7.04. The number of amides is 4. The second-order valence-corrected chi connectivity index (χ2v) is 9.35. The van der Waals surface area contributed by atoms with Crippen molar-refractivity contribution in [2.24, 2.45) is 0 Å². The van der Waals surface area contributed by atoms with Crippen LogP contribution < -0.4 is 15.1 Å². The van der Waals surface area contributed by atoms with Gasteiger partial charge in [-0.05, 0) is 23.8 Å². The van der Waals surface area contributed by atoms with Crippen LogP contribution in [-0.2, 0) is 30.5 Å². The van der Waals surface area contributed by atoms with E-state index in [0.29, 0.717) is 5.69 Å². The highest BCUT2D eigenvalue weighted by atomic mass is 19.1. The molecule has 4 amide bonds. The minimum atomic E-state index is -0.785. The molecule has 2 aliphatic rings. The molecule has 13 heteroatoms. The van der Waals surface area contributed by atoms with Gasteiger partial charge in [0.15, 0.2) is 0 Å². The molecule has 1 atom stereocenters. The lowest BCUT2D eigenvalue weighted by molar-refractivity contribution is -0.167. The highest BCUT2D eigenvalue weighted by Gasteiger charge is 2.34. The molecule has 0 unspecified atom stereocenters. The molecule has 2 heterocycles. The van der Waals surface area contributed by atoms with Crippen LogP contribution in [0.3, 0.4) is 0 Å². The minimum Gasteiger partial charge on any atom is -0.442 e. The van der Waals surface area contributed by atoms with E-state index in [1.807, 2.05) is 30.3 Å². The van der Waals surface area contributed by atoms with Crippen molar-refractivity contribution in [2.75, 3.05) is 62.3 Å². The van der Waals surface area contributed by atoms with E-state index in [4.69, 9.17) is 9.47 Å². The summed E-state index contributed by atoms with van der Waals surface area (Å²) in [5.41, 5.74) is 1.43. The van der Waals surface area contributed by atoms with Crippen molar-refractivity contribution in [1.29, 1.82) is 0 Å². The first kappa shape index (κ1) is 28.8. The quantitative estimate of drug-likeness (QED) is 0.465. The van der Waals surface area contributed by atoms with Gasteiger partial charge in [0.05, 0.1) is 44.2 Å². The molecule has 2 aromatic rings. The lowest BCUT2D eigenvalue weighted by atomic mass is 10.2. The van der Waals surface area contributed by atoms with E-state index in [0.717, 1.165) is 10.6 Å². The van der Waals surface area contributed by atoms with E-state index in [2.05, 4.69) is 5.32 Å². The fraction of sp³-hybridized carbons (Fsp3) is 0.407.